The fourth-order valence-electron chi connectivity index (χ4n) is 4.15. The van der Waals surface area contributed by atoms with Gasteiger partial charge in [0.05, 0.1) is 11.3 Å². The van der Waals surface area contributed by atoms with Crippen LogP contribution in [-0.2, 0) is 23.2 Å². The van der Waals surface area contributed by atoms with Gasteiger partial charge in [-0.1, -0.05) is 0 Å². The van der Waals surface area contributed by atoms with Crippen molar-refractivity contribution in [3.05, 3.63) is 27.4 Å². The number of hydrogen-bond donors (Lipinski definition) is 1. The van der Waals surface area contributed by atoms with Crippen molar-refractivity contribution in [1.29, 1.82) is 0 Å². The zero-order valence-electron chi connectivity index (χ0n) is 16.1. The van der Waals surface area contributed by atoms with Gasteiger partial charge in [0.25, 0.3) is 15.8 Å². The summed E-state index contributed by atoms with van der Waals surface area (Å²) >= 11 is 0. The summed E-state index contributed by atoms with van der Waals surface area (Å²) in [7, 11) is -0.510. The largest absolute Gasteiger partial charge is 0.310 e. The molecule has 1 aromatic rings. The summed E-state index contributed by atoms with van der Waals surface area (Å²) in [6.45, 7) is 3.72. The molecule has 0 unspecified atom stereocenters. The molecule has 1 aliphatic carbocycles. The summed E-state index contributed by atoms with van der Waals surface area (Å²) in [5, 5.41) is 0. The second-order valence-electron chi connectivity index (χ2n) is 8.29. The smallest absolute Gasteiger partial charge is 0.281 e. The first-order valence-corrected chi connectivity index (χ1v) is 11.3. The molecule has 2 aliphatic heterocycles. The molecular formula is C18H29N5O3S. The summed E-state index contributed by atoms with van der Waals surface area (Å²) < 4.78 is 27.3. The van der Waals surface area contributed by atoms with E-state index in [1.165, 1.54) is 42.1 Å². The Kier molecular flexibility index (Phi) is 5.13. The molecular weight excluding hydrogens is 366 g/mol. The monoisotopic (exact) mass is 395 g/mol. The Morgan fingerprint density at radius 3 is 2.70 bits per heavy atom. The standard InChI is InChI=1S/C18H29N5O3S/c1-21(2)27(25,26)23-9-7-16-15(12-23)18(24)20-17(19-16)14-4-3-8-22(11-14)10-13-5-6-13/h13-14H,3-12H2,1-2H3,(H,19,20,24)/t14-/m0/s1. The molecule has 8 nitrogen and oxygen atoms in total. The van der Waals surface area contributed by atoms with Crippen LogP contribution in [0.15, 0.2) is 4.79 Å². The first-order chi connectivity index (χ1) is 12.8. The third-order valence-electron chi connectivity index (χ3n) is 5.95. The molecule has 1 atom stereocenters. The molecule has 27 heavy (non-hydrogen) atoms. The molecule has 0 spiro atoms. The maximum atomic E-state index is 12.7. The number of piperidine rings is 1. The van der Waals surface area contributed by atoms with Crippen LogP contribution in [0.1, 0.15) is 48.7 Å². The minimum atomic E-state index is -3.52. The number of aromatic nitrogens is 2. The highest BCUT2D eigenvalue weighted by Crippen LogP contribution is 2.32. The van der Waals surface area contributed by atoms with Crippen molar-refractivity contribution in [2.24, 2.45) is 5.92 Å². The number of likely N-dealkylation sites (tertiary alicyclic amines) is 1. The quantitative estimate of drug-likeness (QED) is 0.785. The van der Waals surface area contributed by atoms with Gasteiger partial charge in [-0.3, -0.25) is 4.79 Å². The van der Waals surface area contributed by atoms with E-state index in [4.69, 9.17) is 4.98 Å². The minimum Gasteiger partial charge on any atom is -0.310 e. The van der Waals surface area contributed by atoms with Gasteiger partial charge in [0, 0.05) is 52.6 Å². The van der Waals surface area contributed by atoms with Crippen LogP contribution in [0, 0.1) is 5.92 Å². The summed E-state index contributed by atoms with van der Waals surface area (Å²) in [6, 6.07) is 0. The van der Waals surface area contributed by atoms with Crippen molar-refractivity contribution in [1.82, 2.24) is 23.5 Å². The van der Waals surface area contributed by atoms with Crippen LogP contribution < -0.4 is 5.56 Å². The molecule has 3 aliphatic rings. The number of fused-ring (bicyclic) bond motifs is 1. The van der Waals surface area contributed by atoms with Gasteiger partial charge in [0.1, 0.15) is 5.82 Å². The van der Waals surface area contributed by atoms with Crippen LogP contribution in [-0.4, -0.2) is 72.2 Å². The van der Waals surface area contributed by atoms with Gasteiger partial charge >= 0.3 is 0 Å². The summed E-state index contributed by atoms with van der Waals surface area (Å²) in [4.78, 5) is 22.9. The Morgan fingerprint density at radius 2 is 2.00 bits per heavy atom. The molecule has 150 valence electrons. The number of hydrogen-bond acceptors (Lipinski definition) is 5. The minimum absolute atomic E-state index is 0.0942. The SMILES string of the molecule is CN(C)S(=O)(=O)N1CCc2nc([C@H]3CCCN(CC4CC4)C3)[nH]c(=O)c2C1. The molecule has 0 bridgehead atoms. The summed E-state index contributed by atoms with van der Waals surface area (Å²) in [6.07, 6.45) is 5.36. The lowest BCUT2D eigenvalue weighted by atomic mass is 9.96. The van der Waals surface area contributed by atoms with Crippen molar-refractivity contribution in [3.8, 4) is 0 Å². The highest BCUT2D eigenvalue weighted by Gasteiger charge is 2.33. The highest BCUT2D eigenvalue weighted by molar-refractivity contribution is 7.86. The van der Waals surface area contributed by atoms with Gasteiger partial charge in [0.15, 0.2) is 0 Å². The van der Waals surface area contributed by atoms with Gasteiger partial charge in [0.2, 0.25) is 0 Å². The van der Waals surface area contributed by atoms with Gasteiger partial charge in [-0.25, -0.2) is 4.98 Å². The number of aromatic amines is 1. The molecule has 0 aromatic carbocycles. The fourth-order valence-corrected chi connectivity index (χ4v) is 5.23. The highest BCUT2D eigenvalue weighted by atomic mass is 32.2. The van der Waals surface area contributed by atoms with E-state index in [1.807, 2.05) is 0 Å². The molecule has 4 rings (SSSR count). The molecule has 0 amide bonds. The van der Waals surface area contributed by atoms with Crippen molar-refractivity contribution >= 4 is 10.2 Å². The Balaban J connectivity index is 1.53. The van der Waals surface area contributed by atoms with Crippen LogP contribution in [0.25, 0.3) is 0 Å². The predicted octanol–water partition coefficient (Wildman–Crippen LogP) is 0.524. The topological polar surface area (TPSA) is 89.6 Å². The molecule has 1 N–H and O–H groups in total. The van der Waals surface area contributed by atoms with Crippen molar-refractivity contribution < 1.29 is 8.42 Å². The lowest BCUT2D eigenvalue weighted by molar-refractivity contribution is 0.196. The lowest BCUT2D eigenvalue weighted by Gasteiger charge is -2.33. The van der Waals surface area contributed by atoms with E-state index in [2.05, 4.69) is 9.88 Å². The van der Waals surface area contributed by atoms with Gasteiger partial charge in [-0.05, 0) is 38.1 Å². The van der Waals surface area contributed by atoms with Crippen molar-refractivity contribution in [2.45, 2.75) is 44.6 Å². The number of nitrogens with one attached hydrogen (secondary N) is 1. The molecule has 0 radical (unpaired) electrons. The van der Waals surface area contributed by atoms with E-state index >= 15 is 0 Å². The summed E-state index contributed by atoms with van der Waals surface area (Å²) in [5.74, 6) is 1.91. The van der Waals surface area contributed by atoms with Crippen LogP contribution in [0.3, 0.4) is 0 Å². The lowest BCUT2D eigenvalue weighted by Crippen LogP contribution is -2.45. The second kappa shape index (κ2) is 7.27. The molecule has 1 saturated heterocycles. The number of H-pyrrole nitrogens is 1. The normalized spacial score (nSPS) is 24.9. The maximum Gasteiger partial charge on any atom is 0.281 e. The van der Waals surface area contributed by atoms with E-state index < -0.39 is 10.2 Å². The first-order valence-electron chi connectivity index (χ1n) is 9.86. The summed E-state index contributed by atoms with van der Waals surface area (Å²) in [5.41, 5.74) is 1.06. The third-order valence-corrected chi connectivity index (χ3v) is 7.83. The Hall–Kier alpha value is -1.29. The van der Waals surface area contributed by atoms with Crippen LogP contribution in [0.2, 0.25) is 0 Å². The first kappa shape index (κ1) is 19.0. The van der Waals surface area contributed by atoms with E-state index in [0.717, 1.165) is 43.4 Å². The fraction of sp³-hybridized carbons (Fsp3) is 0.778. The maximum absolute atomic E-state index is 12.7. The molecule has 3 heterocycles. The van der Waals surface area contributed by atoms with Gasteiger partial charge in [-0.15, -0.1) is 0 Å². The number of nitrogens with zero attached hydrogens (tertiary/aromatic N) is 4. The predicted molar refractivity (Wildman–Crippen MR) is 103 cm³/mol. The van der Waals surface area contributed by atoms with Gasteiger partial charge < -0.3 is 9.88 Å². The average molecular weight is 396 g/mol. The Bertz CT molecular complexity index is 862. The van der Waals surface area contributed by atoms with E-state index in [9.17, 15) is 13.2 Å². The van der Waals surface area contributed by atoms with E-state index in [1.54, 1.807) is 0 Å². The van der Waals surface area contributed by atoms with E-state index in [-0.39, 0.29) is 18.0 Å². The van der Waals surface area contributed by atoms with Crippen molar-refractivity contribution in [2.75, 3.05) is 40.3 Å². The Labute approximate surface area is 160 Å². The zero-order chi connectivity index (χ0) is 19.2. The zero-order valence-corrected chi connectivity index (χ0v) is 17.0. The Morgan fingerprint density at radius 1 is 1.22 bits per heavy atom. The van der Waals surface area contributed by atoms with Crippen molar-refractivity contribution in [3.63, 3.8) is 0 Å². The van der Waals surface area contributed by atoms with Crippen LogP contribution in [0.5, 0.6) is 0 Å². The molecule has 1 saturated carbocycles. The molecule has 1 aromatic heterocycles. The van der Waals surface area contributed by atoms with Crippen LogP contribution >= 0.6 is 0 Å². The van der Waals surface area contributed by atoms with E-state index in [0.29, 0.717) is 18.5 Å². The average Bonchev–Trinajstić information content (AvgIpc) is 3.45. The van der Waals surface area contributed by atoms with Gasteiger partial charge in [-0.2, -0.15) is 17.0 Å². The molecule has 9 heteroatoms. The molecule has 2 fully saturated rings. The number of rotatable bonds is 5. The van der Waals surface area contributed by atoms with Crippen LogP contribution in [0.4, 0.5) is 0 Å². The third kappa shape index (κ3) is 3.96. The second-order valence-corrected chi connectivity index (χ2v) is 10.4.